The number of aryl methyl sites for hydroxylation is 1. The van der Waals surface area contributed by atoms with Crippen LogP contribution >= 0.6 is 11.3 Å². The van der Waals surface area contributed by atoms with Gasteiger partial charge in [0.1, 0.15) is 5.82 Å². The van der Waals surface area contributed by atoms with E-state index in [1.807, 2.05) is 23.6 Å². The lowest BCUT2D eigenvalue weighted by Crippen LogP contribution is -2.20. The lowest BCUT2D eigenvalue weighted by molar-refractivity contribution is -0.116. The topological polar surface area (TPSA) is 64.9 Å². The van der Waals surface area contributed by atoms with Crippen molar-refractivity contribution in [1.29, 1.82) is 0 Å². The molecule has 2 heterocycles. The summed E-state index contributed by atoms with van der Waals surface area (Å²) in [4.78, 5) is 18.8. The number of hydrogen-bond donors (Lipinski definition) is 1. The molecule has 0 unspecified atom stereocenters. The quantitative estimate of drug-likeness (QED) is 0.408. The smallest absolute Gasteiger partial charge is 0.244 e. The van der Waals surface area contributed by atoms with Gasteiger partial charge in [-0.15, -0.1) is 0 Å². The van der Waals surface area contributed by atoms with E-state index in [0.717, 1.165) is 32.4 Å². The third-order valence-electron chi connectivity index (χ3n) is 5.05. The lowest BCUT2D eigenvalue weighted by atomic mass is 10.2. The van der Waals surface area contributed by atoms with Crippen molar-refractivity contribution in [2.45, 2.75) is 13.5 Å². The number of benzene rings is 2. The summed E-state index contributed by atoms with van der Waals surface area (Å²) >= 11 is 1.52. The van der Waals surface area contributed by atoms with Crippen molar-refractivity contribution >= 4 is 28.3 Å². The number of amides is 1. The molecule has 2 aromatic carbocycles. The number of imidazole rings is 1. The zero-order valence-electron chi connectivity index (χ0n) is 17.9. The second-order valence-electron chi connectivity index (χ2n) is 7.06. The SMILES string of the molecule is COc1ccc(/C=C/C(=O)NCc2sc3nc(-c4ccc(F)cc4)cn3c2C)cc1OC. The average molecular weight is 452 g/mol. The number of hydrogen-bond acceptors (Lipinski definition) is 5. The zero-order valence-corrected chi connectivity index (χ0v) is 18.7. The highest BCUT2D eigenvalue weighted by atomic mass is 32.1. The molecule has 32 heavy (non-hydrogen) atoms. The average Bonchev–Trinajstić information content (AvgIpc) is 3.35. The Morgan fingerprint density at radius 1 is 1.16 bits per heavy atom. The van der Waals surface area contributed by atoms with Crippen LogP contribution < -0.4 is 14.8 Å². The maximum atomic E-state index is 13.2. The number of ether oxygens (including phenoxy) is 2. The van der Waals surface area contributed by atoms with Crippen molar-refractivity contribution < 1.29 is 18.7 Å². The Bertz CT molecular complexity index is 1290. The van der Waals surface area contributed by atoms with Gasteiger partial charge in [0, 0.05) is 28.4 Å². The van der Waals surface area contributed by atoms with E-state index in [0.29, 0.717) is 18.0 Å². The predicted molar refractivity (Wildman–Crippen MR) is 124 cm³/mol. The molecule has 0 bridgehead atoms. The van der Waals surface area contributed by atoms with Gasteiger partial charge in [-0.3, -0.25) is 9.20 Å². The van der Waals surface area contributed by atoms with E-state index in [9.17, 15) is 9.18 Å². The van der Waals surface area contributed by atoms with Crippen molar-refractivity contribution in [1.82, 2.24) is 14.7 Å². The summed E-state index contributed by atoms with van der Waals surface area (Å²) in [6.07, 6.45) is 5.14. The van der Waals surface area contributed by atoms with Crippen LogP contribution in [0.25, 0.3) is 22.3 Å². The first kappa shape index (κ1) is 21.6. The molecule has 2 aromatic heterocycles. The van der Waals surface area contributed by atoms with Gasteiger partial charge in [-0.2, -0.15) is 0 Å². The lowest BCUT2D eigenvalue weighted by Gasteiger charge is -2.07. The highest BCUT2D eigenvalue weighted by Crippen LogP contribution is 2.28. The molecule has 1 N–H and O–H groups in total. The normalized spacial score (nSPS) is 11.2. The molecular weight excluding hydrogens is 429 g/mol. The van der Waals surface area contributed by atoms with Crippen molar-refractivity contribution in [3.8, 4) is 22.8 Å². The second kappa shape index (κ2) is 9.23. The molecule has 0 spiro atoms. The number of halogens is 1. The summed E-state index contributed by atoms with van der Waals surface area (Å²) < 4.78 is 25.7. The Kier molecular flexibility index (Phi) is 6.23. The van der Waals surface area contributed by atoms with E-state index in [1.165, 1.54) is 29.5 Å². The summed E-state index contributed by atoms with van der Waals surface area (Å²) in [5.74, 6) is 0.767. The molecule has 4 aromatic rings. The molecule has 0 aliphatic heterocycles. The van der Waals surface area contributed by atoms with Crippen LogP contribution in [0.4, 0.5) is 4.39 Å². The van der Waals surface area contributed by atoms with Crippen molar-refractivity contribution in [2.75, 3.05) is 14.2 Å². The van der Waals surface area contributed by atoms with Crippen molar-refractivity contribution in [2.24, 2.45) is 0 Å². The Labute approximate surface area is 188 Å². The largest absolute Gasteiger partial charge is 0.493 e. The number of nitrogens with zero attached hydrogens (tertiary/aromatic N) is 2. The third-order valence-corrected chi connectivity index (χ3v) is 6.21. The molecule has 8 heteroatoms. The van der Waals surface area contributed by atoms with Crippen LogP contribution in [0.15, 0.2) is 54.7 Å². The van der Waals surface area contributed by atoms with Crippen molar-refractivity contribution in [3.05, 3.63) is 76.7 Å². The minimum absolute atomic E-state index is 0.197. The maximum Gasteiger partial charge on any atom is 0.244 e. The predicted octanol–water partition coefficient (Wildman–Crippen LogP) is 4.86. The molecule has 6 nitrogen and oxygen atoms in total. The number of fused-ring (bicyclic) bond motifs is 1. The Balaban J connectivity index is 1.42. The van der Waals surface area contributed by atoms with Gasteiger partial charge in [-0.1, -0.05) is 17.4 Å². The van der Waals surface area contributed by atoms with Crippen LogP contribution in [0.1, 0.15) is 16.1 Å². The van der Waals surface area contributed by atoms with E-state index >= 15 is 0 Å². The summed E-state index contributed by atoms with van der Waals surface area (Å²) in [7, 11) is 3.15. The molecule has 0 saturated carbocycles. The van der Waals surface area contributed by atoms with Gasteiger partial charge >= 0.3 is 0 Å². The third kappa shape index (κ3) is 4.50. The molecule has 0 atom stereocenters. The fourth-order valence-corrected chi connectivity index (χ4v) is 4.32. The van der Waals surface area contributed by atoms with E-state index in [-0.39, 0.29) is 11.7 Å². The van der Waals surface area contributed by atoms with Gasteiger partial charge in [0.25, 0.3) is 0 Å². The molecule has 164 valence electrons. The van der Waals surface area contributed by atoms with Crippen LogP contribution in [-0.4, -0.2) is 29.5 Å². The number of methoxy groups -OCH3 is 2. The molecule has 1 amide bonds. The van der Waals surface area contributed by atoms with Crippen LogP contribution in [0.2, 0.25) is 0 Å². The fraction of sp³-hybridized carbons (Fsp3) is 0.167. The molecule has 0 fully saturated rings. The van der Waals surface area contributed by atoms with Gasteiger partial charge in [0.05, 0.1) is 26.5 Å². The standard InChI is InChI=1S/C24H22FN3O3S/c1-15-22(32-24-27-19(14-28(15)24)17-6-8-18(25)9-7-17)13-26-23(29)11-5-16-4-10-20(30-2)21(12-16)31-3/h4-12,14H,13H2,1-3H3,(H,26,29)/b11-5+. The highest BCUT2D eigenvalue weighted by Gasteiger charge is 2.13. The minimum Gasteiger partial charge on any atom is -0.493 e. The highest BCUT2D eigenvalue weighted by molar-refractivity contribution is 7.17. The Morgan fingerprint density at radius 3 is 2.59 bits per heavy atom. The monoisotopic (exact) mass is 451 g/mol. The number of rotatable bonds is 7. The fourth-order valence-electron chi connectivity index (χ4n) is 3.27. The van der Waals surface area contributed by atoms with Gasteiger partial charge in [0.15, 0.2) is 16.5 Å². The summed E-state index contributed by atoms with van der Waals surface area (Å²) in [6, 6.07) is 11.7. The number of carbonyl (C=O) groups is 1. The number of carbonyl (C=O) groups excluding carboxylic acids is 1. The van der Waals surface area contributed by atoms with E-state index < -0.39 is 0 Å². The zero-order chi connectivity index (χ0) is 22.7. The molecule has 0 saturated heterocycles. The molecule has 0 radical (unpaired) electrons. The number of aromatic nitrogens is 2. The number of thiazole rings is 1. The van der Waals surface area contributed by atoms with Gasteiger partial charge in [0.2, 0.25) is 5.91 Å². The van der Waals surface area contributed by atoms with Gasteiger partial charge < -0.3 is 14.8 Å². The van der Waals surface area contributed by atoms with E-state index in [2.05, 4.69) is 10.3 Å². The first-order chi connectivity index (χ1) is 15.5. The Hall–Kier alpha value is -3.65. The molecular formula is C24H22FN3O3S. The van der Waals surface area contributed by atoms with Gasteiger partial charge in [-0.05, 0) is 55.0 Å². The van der Waals surface area contributed by atoms with Crippen LogP contribution in [0.3, 0.4) is 0 Å². The minimum atomic E-state index is -0.274. The molecule has 4 rings (SSSR count). The number of nitrogens with one attached hydrogen (secondary N) is 1. The summed E-state index contributed by atoms with van der Waals surface area (Å²) in [5.41, 5.74) is 3.48. The van der Waals surface area contributed by atoms with Crippen LogP contribution in [0, 0.1) is 12.7 Å². The summed E-state index contributed by atoms with van der Waals surface area (Å²) in [5, 5.41) is 2.91. The van der Waals surface area contributed by atoms with Crippen LogP contribution in [-0.2, 0) is 11.3 Å². The molecule has 0 aliphatic rings. The second-order valence-corrected chi connectivity index (χ2v) is 8.12. The van der Waals surface area contributed by atoms with E-state index in [1.54, 1.807) is 44.6 Å². The maximum absolute atomic E-state index is 13.2. The first-order valence-electron chi connectivity index (χ1n) is 9.89. The van der Waals surface area contributed by atoms with Gasteiger partial charge in [-0.25, -0.2) is 9.37 Å². The summed E-state index contributed by atoms with van der Waals surface area (Å²) in [6.45, 7) is 2.39. The van der Waals surface area contributed by atoms with Crippen molar-refractivity contribution in [3.63, 3.8) is 0 Å². The Morgan fingerprint density at radius 2 is 1.91 bits per heavy atom. The molecule has 0 aliphatic carbocycles. The van der Waals surface area contributed by atoms with E-state index in [4.69, 9.17) is 9.47 Å². The first-order valence-corrected chi connectivity index (χ1v) is 10.7. The van der Waals surface area contributed by atoms with Crippen LogP contribution in [0.5, 0.6) is 11.5 Å².